The van der Waals surface area contributed by atoms with Gasteiger partial charge in [-0.05, 0) is 24.1 Å². The lowest BCUT2D eigenvalue weighted by Crippen LogP contribution is -2.51. The maximum absolute atomic E-state index is 13.6. The van der Waals surface area contributed by atoms with Crippen molar-refractivity contribution in [2.45, 2.75) is 32.4 Å². The number of hydrogen-bond donors (Lipinski definition) is 1. The highest BCUT2D eigenvalue weighted by Gasteiger charge is 2.31. The van der Waals surface area contributed by atoms with Crippen molar-refractivity contribution >= 4 is 29.1 Å². The number of amides is 2. The molecular weight excluding hydrogens is 454 g/mol. The molecule has 7 nitrogen and oxygen atoms in total. The number of carbonyl (C=O) groups is 2. The summed E-state index contributed by atoms with van der Waals surface area (Å²) in [4.78, 5) is 39.2. The fourth-order valence-electron chi connectivity index (χ4n) is 3.76. The lowest BCUT2D eigenvalue weighted by molar-refractivity contribution is -0.385. The van der Waals surface area contributed by atoms with E-state index in [1.165, 1.54) is 11.0 Å². The van der Waals surface area contributed by atoms with Crippen LogP contribution in [-0.4, -0.2) is 34.2 Å². The minimum atomic E-state index is -0.825. The molecule has 0 aromatic heterocycles. The number of nitro groups is 1. The van der Waals surface area contributed by atoms with E-state index in [-0.39, 0.29) is 30.1 Å². The Morgan fingerprint density at radius 1 is 0.971 bits per heavy atom. The van der Waals surface area contributed by atoms with Crippen LogP contribution in [0.15, 0.2) is 78.9 Å². The monoisotopic (exact) mass is 479 g/mol. The molecule has 0 unspecified atom stereocenters. The number of rotatable bonds is 10. The number of para-hydroxylation sites is 1. The molecule has 1 atom stereocenters. The summed E-state index contributed by atoms with van der Waals surface area (Å²) in [7, 11) is 0. The van der Waals surface area contributed by atoms with Gasteiger partial charge in [-0.1, -0.05) is 78.3 Å². The van der Waals surface area contributed by atoms with E-state index in [1.807, 2.05) is 43.3 Å². The van der Waals surface area contributed by atoms with E-state index in [9.17, 15) is 19.7 Å². The van der Waals surface area contributed by atoms with Crippen molar-refractivity contribution in [3.8, 4) is 0 Å². The second-order valence-electron chi connectivity index (χ2n) is 7.78. The first-order chi connectivity index (χ1) is 16.4. The molecule has 3 aromatic carbocycles. The fourth-order valence-corrected chi connectivity index (χ4v) is 3.95. The van der Waals surface area contributed by atoms with Gasteiger partial charge in [0.05, 0.1) is 11.3 Å². The molecule has 0 aliphatic carbocycles. The maximum Gasteiger partial charge on any atom is 0.273 e. The molecule has 8 heteroatoms. The van der Waals surface area contributed by atoms with Gasteiger partial charge in [0, 0.05) is 36.2 Å². The standard InChI is InChI=1S/C26H26ClN3O4/c1-2-28-26(32)24(16-19-10-4-3-5-11-19)29(18-21-13-6-8-14-22(21)27)25(31)17-20-12-7-9-15-23(20)30(33)34/h3-15,24H,2,16-18H2,1H3,(H,28,32)/t24-/m1/s1. The van der Waals surface area contributed by atoms with E-state index in [4.69, 9.17) is 11.6 Å². The molecule has 34 heavy (non-hydrogen) atoms. The zero-order valence-electron chi connectivity index (χ0n) is 18.8. The summed E-state index contributed by atoms with van der Waals surface area (Å²) in [6.07, 6.45) is 0.0754. The molecule has 0 heterocycles. The molecule has 3 rings (SSSR count). The zero-order chi connectivity index (χ0) is 24.5. The Morgan fingerprint density at radius 2 is 1.59 bits per heavy atom. The second-order valence-corrected chi connectivity index (χ2v) is 8.18. The Morgan fingerprint density at radius 3 is 2.24 bits per heavy atom. The van der Waals surface area contributed by atoms with Crippen molar-refractivity contribution in [2.24, 2.45) is 0 Å². The molecule has 176 valence electrons. The third-order valence-corrected chi connectivity index (χ3v) is 5.82. The SMILES string of the molecule is CCNC(=O)[C@@H](Cc1ccccc1)N(Cc1ccccc1Cl)C(=O)Cc1ccccc1[N+](=O)[O-]. The summed E-state index contributed by atoms with van der Waals surface area (Å²) in [6, 6.07) is 21.8. The van der Waals surface area contributed by atoms with Crippen LogP contribution in [0, 0.1) is 10.1 Å². The van der Waals surface area contributed by atoms with Crippen molar-refractivity contribution in [3.05, 3.63) is 111 Å². The number of benzene rings is 3. The number of carbonyl (C=O) groups excluding carboxylic acids is 2. The molecular formula is C26H26ClN3O4. The van der Waals surface area contributed by atoms with Crippen LogP contribution in [0.3, 0.4) is 0 Å². The van der Waals surface area contributed by atoms with Gasteiger partial charge in [-0.25, -0.2) is 0 Å². The highest BCUT2D eigenvalue weighted by molar-refractivity contribution is 6.31. The van der Waals surface area contributed by atoms with Crippen molar-refractivity contribution in [3.63, 3.8) is 0 Å². The average Bonchev–Trinajstić information content (AvgIpc) is 2.83. The van der Waals surface area contributed by atoms with Crippen molar-refractivity contribution in [2.75, 3.05) is 6.54 Å². The molecule has 0 spiro atoms. The molecule has 0 bridgehead atoms. The lowest BCUT2D eigenvalue weighted by atomic mass is 10.0. The molecule has 0 saturated heterocycles. The molecule has 2 amide bonds. The van der Waals surface area contributed by atoms with Gasteiger partial charge in [0.25, 0.3) is 5.69 Å². The van der Waals surface area contributed by atoms with Gasteiger partial charge in [-0.2, -0.15) is 0 Å². The van der Waals surface area contributed by atoms with Gasteiger partial charge in [0.2, 0.25) is 11.8 Å². The second kappa shape index (κ2) is 12.0. The third kappa shape index (κ3) is 6.42. The largest absolute Gasteiger partial charge is 0.355 e. The van der Waals surface area contributed by atoms with Gasteiger partial charge in [-0.15, -0.1) is 0 Å². The summed E-state index contributed by atoms with van der Waals surface area (Å²) in [5, 5.41) is 14.8. The van der Waals surface area contributed by atoms with Crippen LogP contribution in [0.5, 0.6) is 0 Å². The van der Waals surface area contributed by atoms with Crippen molar-refractivity contribution in [1.29, 1.82) is 0 Å². The quantitative estimate of drug-likeness (QED) is 0.340. The smallest absolute Gasteiger partial charge is 0.273 e. The van der Waals surface area contributed by atoms with Crippen LogP contribution in [-0.2, 0) is 29.0 Å². The number of halogens is 1. The highest BCUT2D eigenvalue weighted by atomic mass is 35.5. The fraction of sp³-hybridized carbons (Fsp3) is 0.231. The van der Waals surface area contributed by atoms with Crippen molar-refractivity contribution in [1.82, 2.24) is 10.2 Å². The molecule has 1 N–H and O–H groups in total. The average molecular weight is 480 g/mol. The van der Waals surface area contributed by atoms with Crippen LogP contribution in [0.2, 0.25) is 5.02 Å². The Kier molecular flexibility index (Phi) is 8.76. The van der Waals surface area contributed by atoms with E-state index >= 15 is 0 Å². The maximum atomic E-state index is 13.6. The Hall–Kier alpha value is -3.71. The first kappa shape index (κ1) is 24.9. The number of nitrogens with one attached hydrogen (secondary N) is 1. The molecule has 3 aromatic rings. The molecule has 0 fully saturated rings. The summed E-state index contributed by atoms with van der Waals surface area (Å²) >= 11 is 6.38. The normalized spacial score (nSPS) is 11.5. The van der Waals surface area contributed by atoms with Crippen LogP contribution in [0.1, 0.15) is 23.6 Å². The predicted molar refractivity (Wildman–Crippen MR) is 131 cm³/mol. The summed E-state index contributed by atoms with van der Waals surface area (Å²) in [6.45, 7) is 2.31. The van der Waals surface area contributed by atoms with E-state index in [2.05, 4.69) is 5.32 Å². The van der Waals surface area contributed by atoms with Crippen LogP contribution >= 0.6 is 11.6 Å². The van der Waals surface area contributed by atoms with Gasteiger partial charge in [0.15, 0.2) is 0 Å². The van der Waals surface area contributed by atoms with E-state index < -0.39 is 16.9 Å². The predicted octanol–water partition coefficient (Wildman–Crippen LogP) is 4.57. The Balaban J connectivity index is 2.01. The van der Waals surface area contributed by atoms with E-state index in [1.54, 1.807) is 36.4 Å². The lowest BCUT2D eigenvalue weighted by Gasteiger charge is -2.31. The van der Waals surface area contributed by atoms with Crippen LogP contribution in [0.25, 0.3) is 0 Å². The Labute approximate surface area is 203 Å². The Bertz CT molecular complexity index is 1150. The van der Waals surface area contributed by atoms with Crippen LogP contribution < -0.4 is 5.32 Å². The number of nitrogens with zero attached hydrogens (tertiary/aromatic N) is 2. The third-order valence-electron chi connectivity index (χ3n) is 5.45. The van der Waals surface area contributed by atoms with E-state index in [0.717, 1.165) is 5.56 Å². The summed E-state index contributed by atoms with van der Waals surface area (Å²) in [5.74, 6) is -0.698. The minimum absolute atomic E-state index is 0.0910. The summed E-state index contributed by atoms with van der Waals surface area (Å²) in [5.41, 5.74) is 1.73. The topological polar surface area (TPSA) is 92.6 Å². The van der Waals surface area contributed by atoms with Crippen LogP contribution in [0.4, 0.5) is 5.69 Å². The van der Waals surface area contributed by atoms with E-state index in [0.29, 0.717) is 23.6 Å². The first-order valence-electron chi connectivity index (χ1n) is 11.0. The zero-order valence-corrected chi connectivity index (χ0v) is 19.6. The van der Waals surface area contributed by atoms with Gasteiger partial charge in [0.1, 0.15) is 6.04 Å². The number of hydrogen-bond acceptors (Lipinski definition) is 4. The molecule has 0 saturated carbocycles. The van der Waals surface area contributed by atoms with Gasteiger partial charge in [-0.3, -0.25) is 19.7 Å². The highest BCUT2D eigenvalue weighted by Crippen LogP contribution is 2.23. The minimum Gasteiger partial charge on any atom is -0.355 e. The summed E-state index contributed by atoms with van der Waals surface area (Å²) < 4.78 is 0. The number of likely N-dealkylation sites (N-methyl/N-ethyl adjacent to an activating group) is 1. The molecule has 0 aliphatic heterocycles. The first-order valence-corrected chi connectivity index (χ1v) is 11.3. The van der Waals surface area contributed by atoms with Gasteiger partial charge < -0.3 is 10.2 Å². The number of nitro benzene ring substituents is 1. The molecule has 0 aliphatic rings. The molecule has 0 radical (unpaired) electrons. The van der Waals surface area contributed by atoms with Crippen molar-refractivity contribution < 1.29 is 14.5 Å². The van der Waals surface area contributed by atoms with Gasteiger partial charge >= 0.3 is 0 Å².